The van der Waals surface area contributed by atoms with Gasteiger partial charge in [0, 0.05) is 24.4 Å². The molecule has 0 spiro atoms. The van der Waals surface area contributed by atoms with Gasteiger partial charge in [0.05, 0.1) is 0 Å². The number of hydrogen-bond acceptors (Lipinski definition) is 4. The van der Waals surface area contributed by atoms with Crippen molar-refractivity contribution >= 4 is 35.1 Å². The van der Waals surface area contributed by atoms with Crippen LogP contribution in [-0.4, -0.2) is 21.5 Å². The lowest BCUT2D eigenvalue weighted by Crippen LogP contribution is -2.45. The van der Waals surface area contributed by atoms with Gasteiger partial charge in [0.15, 0.2) is 5.65 Å². The Morgan fingerprint density at radius 3 is 2.48 bits per heavy atom. The summed E-state index contributed by atoms with van der Waals surface area (Å²) >= 11 is 5.41. The Labute approximate surface area is 128 Å². The number of hydrogen-bond donors (Lipinski definition) is 0. The lowest BCUT2D eigenvalue weighted by molar-refractivity contribution is -0.128. The summed E-state index contributed by atoms with van der Waals surface area (Å²) in [6, 6.07) is 5.60. The molecule has 0 saturated carbocycles. The van der Waals surface area contributed by atoms with Gasteiger partial charge in [0.1, 0.15) is 4.64 Å². The quantitative estimate of drug-likeness (QED) is 0.818. The second-order valence-corrected chi connectivity index (χ2v) is 5.05. The number of rotatable bonds is 3. The van der Waals surface area contributed by atoms with Crippen LogP contribution < -0.4 is 5.01 Å². The number of carbonyl (C=O) groups excluding carboxylic acids is 2. The Balaban J connectivity index is 2.84. The standard InChI is InChI=1S/C15H17N3O2S/c1-4-12(19)17(13(20)5-2)18-14-11(7-6-8-16-14)9-10(3)15(18)21/h6-9H,4-5H2,1-3H3. The van der Waals surface area contributed by atoms with Crippen LogP contribution in [0.5, 0.6) is 0 Å². The van der Waals surface area contributed by atoms with Crippen molar-refractivity contribution in [1.29, 1.82) is 0 Å². The number of amides is 2. The Morgan fingerprint density at radius 1 is 1.29 bits per heavy atom. The van der Waals surface area contributed by atoms with Crippen LogP contribution in [0.1, 0.15) is 32.3 Å². The van der Waals surface area contributed by atoms with E-state index >= 15 is 0 Å². The number of pyridine rings is 2. The summed E-state index contributed by atoms with van der Waals surface area (Å²) in [6.07, 6.45) is 2.06. The van der Waals surface area contributed by atoms with E-state index in [-0.39, 0.29) is 24.7 Å². The van der Waals surface area contributed by atoms with Crippen LogP contribution in [0, 0.1) is 11.6 Å². The highest BCUT2D eigenvalue weighted by molar-refractivity contribution is 7.71. The predicted molar refractivity (Wildman–Crippen MR) is 84.1 cm³/mol. The van der Waals surface area contributed by atoms with Crippen molar-refractivity contribution in [3.8, 4) is 0 Å². The maximum atomic E-state index is 12.2. The fourth-order valence-corrected chi connectivity index (χ4v) is 2.33. The van der Waals surface area contributed by atoms with Crippen LogP contribution >= 0.6 is 12.2 Å². The van der Waals surface area contributed by atoms with Crippen molar-refractivity contribution in [2.24, 2.45) is 0 Å². The summed E-state index contributed by atoms with van der Waals surface area (Å²) in [5, 5.41) is 1.95. The molecule has 0 N–H and O–H groups in total. The Hall–Kier alpha value is -2.08. The third-order valence-corrected chi connectivity index (χ3v) is 3.69. The summed E-state index contributed by atoms with van der Waals surface area (Å²) in [5.41, 5.74) is 1.33. The van der Waals surface area contributed by atoms with Crippen molar-refractivity contribution < 1.29 is 9.59 Å². The van der Waals surface area contributed by atoms with Crippen molar-refractivity contribution in [3.05, 3.63) is 34.6 Å². The van der Waals surface area contributed by atoms with E-state index in [9.17, 15) is 9.59 Å². The van der Waals surface area contributed by atoms with Gasteiger partial charge >= 0.3 is 0 Å². The second kappa shape index (κ2) is 6.13. The molecule has 0 unspecified atom stereocenters. The SMILES string of the molecule is CCC(=O)N(C(=O)CC)n1c(=S)c(C)cc2cccnc21. The normalized spacial score (nSPS) is 10.6. The molecule has 0 fully saturated rings. The van der Waals surface area contributed by atoms with Crippen molar-refractivity contribution in [2.45, 2.75) is 33.6 Å². The Bertz CT molecular complexity index is 751. The van der Waals surface area contributed by atoms with Crippen LogP contribution in [0.25, 0.3) is 11.0 Å². The summed E-state index contributed by atoms with van der Waals surface area (Å²) in [4.78, 5) is 28.7. The van der Waals surface area contributed by atoms with Crippen molar-refractivity contribution in [2.75, 3.05) is 5.01 Å². The molecule has 0 aromatic carbocycles. The molecule has 0 aliphatic heterocycles. The maximum absolute atomic E-state index is 12.2. The summed E-state index contributed by atoms with van der Waals surface area (Å²) in [5.74, 6) is -0.592. The largest absolute Gasteiger partial charge is 0.273 e. The number of fused-ring (bicyclic) bond motifs is 1. The van der Waals surface area contributed by atoms with E-state index in [1.54, 1.807) is 20.0 Å². The minimum absolute atomic E-state index is 0.218. The highest BCUT2D eigenvalue weighted by atomic mass is 32.1. The molecule has 0 atom stereocenters. The molecule has 2 rings (SSSR count). The Kier molecular flexibility index (Phi) is 4.47. The third kappa shape index (κ3) is 2.71. The third-order valence-electron chi connectivity index (χ3n) is 3.20. The van der Waals surface area contributed by atoms with Crippen LogP contribution in [0.3, 0.4) is 0 Å². The fraction of sp³-hybridized carbons (Fsp3) is 0.333. The maximum Gasteiger partial charge on any atom is 0.248 e. The van der Waals surface area contributed by atoms with E-state index < -0.39 is 0 Å². The molecule has 0 bridgehead atoms. The van der Waals surface area contributed by atoms with Crippen LogP contribution in [-0.2, 0) is 9.59 Å². The summed E-state index contributed by atoms with van der Waals surface area (Å²) in [6.45, 7) is 5.29. The highest BCUT2D eigenvalue weighted by Gasteiger charge is 2.23. The number of nitrogens with zero attached hydrogens (tertiary/aromatic N) is 3. The molecule has 5 nitrogen and oxygen atoms in total. The number of carbonyl (C=O) groups is 2. The molecule has 2 aromatic heterocycles. The van der Waals surface area contributed by atoms with E-state index in [1.165, 1.54) is 4.68 Å². The van der Waals surface area contributed by atoms with E-state index in [0.29, 0.717) is 10.3 Å². The monoisotopic (exact) mass is 303 g/mol. The van der Waals surface area contributed by atoms with Gasteiger partial charge in [0.25, 0.3) is 0 Å². The molecule has 0 radical (unpaired) electrons. The predicted octanol–water partition coefficient (Wildman–Crippen LogP) is 2.89. The van der Waals surface area contributed by atoms with E-state index in [0.717, 1.165) is 16.0 Å². The van der Waals surface area contributed by atoms with E-state index in [1.807, 2.05) is 25.1 Å². The van der Waals surface area contributed by atoms with Crippen molar-refractivity contribution in [1.82, 2.24) is 9.66 Å². The molecule has 0 aliphatic rings. The molecule has 6 heteroatoms. The zero-order valence-corrected chi connectivity index (χ0v) is 13.1. The van der Waals surface area contributed by atoms with Gasteiger partial charge in [0.2, 0.25) is 11.8 Å². The average molecular weight is 303 g/mol. The molecule has 0 saturated heterocycles. The van der Waals surface area contributed by atoms with Gasteiger partial charge in [-0.2, -0.15) is 5.01 Å². The van der Waals surface area contributed by atoms with Crippen molar-refractivity contribution in [3.63, 3.8) is 0 Å². The summed E-state index contributed by atoms with van der Waals surface area (Å²) in [7, 11) is 0. The van der Waals surface area contributed by atoms with Gasteiger partial charge in [-0.25, -0.2) is 9.66 Å². The zero-order chi connectivity index (χ0) is 15.6. The minimum atomic E-state index is -0.296. The Morgan fingerprint density at radius 2 is 1.90 bits per heavy atom. The van der Waals surface area contributed by atoms with Gasteiger partial charge in [-0.05, 0) is 30.7 Å². The lowest BCUT2D eigenvalue weighted by atomic mass is 10.2. The van der Waals surface area contributed by atoms with Gasteiger partial charge in [-0.3, -0.25) is 9.59 Å². The summed E-state index contributed by atoms with van der Waals surface area (Å²) < 4.78 is 1.88. The molecule has 0 aliphatic carbocycles. The molecule has 2 aromatic rings. The van der Waals surface area contributed by atoms with Gasteiger partial charge in [-0.15, -0.1) is 0 Å². The topological polar surface area (TPSA) is 55.2 Å². The molecule has 21 heavy (non-hydrogen) atoms. The first-order valence-electron chi connectivity index (χ1n) is 6.84. The highest BCUT2D eigenvalue weighted by Crippen LogP contribution is 2.17. The number of aryl methyl sites for hydroxylation is 1. The van der Waals surface area contributed by atoms with Crippen LogP contribution in [0.2, 0.25) is 0 Å². The molecule has 110 valence electrons. The van der Waals surface area contributed by atoms with Crippen LogP contribution in [0.4, 0.5) is 0 Å². The average Bonchev–Trinajstić information content (AvgIpc) is 2.50. The van der Waals surface area contributed by atoms with Gasteiger partial charge in [-0.1, -0.05) is 26.1 Å². The molecular weight excluding hydrogens is 286 g/mol. The number of imide groups is 1. The fourth-order valence-electron chi connectivity index (χ4n) is 2.10. The first kappa shape index (κ1) is 15.3. The molecular formula is C15H17N3O2S. The molecule has 2 heterocycles. The van der Waals surface area contributed by atoms with E-state index in [2.05, 4.69) is 4.98 Å². The van der Waals surface area contributed by atoms with Gasteiger partial charge < -0.3 is 0 Å². The smallest absolute Gasteiger partial charge is 0.248 e. The lowest BCUT2D eigenvalue weighted by Gasteiger charge is -2.24. The number of aromatic nitrogens is 2. The molecule has 2 amide bonds. The first-order valence-corrected chi connectivity index (χ1v) is 7.25. The van der Waals surface area contributed by atoms with E-state index in [4.69, 9.17) is 12.2 Å². The first-order chi connectivity index (χ1) is 10.0. The van der Waals surface area contributed by atoms with Crippen LogP contribution in [0.15, 0.2) is 24.4 Å². The minimum Gasteiger partial charge on any atom is -0.273 e. The zero-order valence-electron chi connectivity index (χ0n) is 12.3. The second-order valence-electron chi connectivity index (χ2n) is 4.67.